The van der Waals surface area contributed by atoms with Gasteiger partial charge in [0.25, 0.3) is 0 Å². The summed E-state index contributed by atoms with van der Waals surface area (Å²) >= 11 is 0. The van der Waals surface area contributed by atoms with Crippen molar-refractivity contribution in [2.75, 3.05) is 13.2 Å². The molecule has 0 aromatic rings. The first-order valence-corrected chi connectivity index (χ1v) is 3.76. The van der Waals surface area contributed by atoms with Crippen LogP contribution < -0.4 is 11.1 Å². The fraction of sp³-hybridized carbons (Fsp3) is 0.714. The lowest BCUT2D eigenvalue weighted by atomic mass is 10.3. The van der Waals surface area contributed by atoms with Crippen molar-refractivity contribution in [2.45, 2.75) is 19.9 Å². The SMILES string of the molecule is CCOC(=O)C(C)NCC(N)=O. The summed E-state index contributed by atoms with van der Waals surface area (Å²) in [5.74, 6) is -0.870. The van der Waals surface area contributed by atoms with Gasteiger partial charge in [0.05, 0.1) is 13.2 Å². The molecule has 0 saturated heterocycles. The Bertz CT molecular complexity index is 170. The highest BCUT2D eigenvalue weighted by Crippen LogP contribution is 1.86. The van der Waals surface area contributed by atoms with Gasteiger partial charge in [0, 0.05) is 0 Å². The highest BCUT2D eigenvalue weighted by Gasteiger charge is 2.12. The van der Waals surface area contributed by atoms with Crippen molar-refractivity contribution in [1.29, 1.82) is 0 Å². The topological polar surface area (TPSA) is 81.4 Å². The summed E-state index contributed by atoms with van der Waals surface area (Å²) in [6, 6.07) is -0.488. The number of hydrogen-bond acceptors (Lipinski definition) is 4. The van der Waals surface area contributed by atoms with E-state index in [0.29, 0.717) is 6.61 Å². The van der Waals surface area contributed by atoms with E-state index in [1.54, 1.807) is 13.8 Å². The molecule has 0 spiro atoms. The van der Waals surface area contributed by atoms with E-state index in [1.165, 1.54) is 0 Å². The molecule has 0 radical (unpaired) electrons. The largest absolute Gasteiger partial charge is 0.465 e. The van der Waals surface area contributed by atoms with E-state index in [9.17, 15) is 9.59 Å². The molecule has 0 aliphatic heterocycles. The molecule has 0 aromatic heterocycles. The maximum atomic E-state index is 10.9. The van der Waals surface area contributed by atoms with Crippen LogP contribution >= 0.6 is 0 Å². The third-order valence-corrected chi connectivity index (χ3v) is 1.22. The summed E-state index contributed by atoms with van der Waals surface area (Å²) in [6.07, 6.45) is 0. The number of nitrogens with one attached hydrogen (secondary N) is 1. The molecule has 1 amide bonds. The van der Waals surface area contributed by atoms with E-state index in [1.807, 2.05) is 0 Å². The highest BCUT2D eigenvalue weighted by atomic mass is 16.5. The van der Waals surface area contributed by atoms with Crippen molar-refractivity contribution < 1.29 is 14.3 Å². The first-order chi connectivity index (χ1) is 5.57. The number of primary amides is 1. The lowest BCUT2D eigenvalue weighted by Crippen LogP contribution is -2.40. The van der Waals surface area contributed by atoms with E-state index in [0.717, 1.165) is 0 Å². The van der Waals surface area contributed by atoms with Gasteiger partial charge in [-0.3, -0.25) is 14.9 Å². The van der Waals surface area contributed by atoms with E-state index >= 15 is 0 Å². The Hall–Kier alpha value is -1.10. The number of hydrogen-bond donors (Lipinski definition) is 2. The van der Waals surface area contributed by atoms with Crippen LogP contribution in [0.3, 0.4) is 0 Å². The summed E-state index contributed by atoms with van der Waals surface area (Å²) in [7, 11) is 0. The molecule has 0 saturated carbocycles. The number of nitrogens with two attached hydrogens (primary N) is 1. The fourth-order valence-electron chi connectivity index (χ4n) is 0.604. The van der Waals surface area contributed by atoms with Crippen molar-refractivity contribution >= 4 is 11.9 Å². The minimum absolute atomic E-state index is 0.0139. The van der Waals surface area contributed by atoms with Gasteiger partial charge in [0.2, 0.25) is 5.91 Å². The number of rotatable bonds is 5. The van der Waals surface area contributed by atoms with Gasteiger partial charge in [-0.15, -0.1) is 0 Å². The van der Waals surface area contributed by atoms with Crippen LogP contribution in [-0.4, -0.2) is 31.1 Å². The maximum Gasteiger partial charge on any atom is 0.322 e. The Balaban J connectivity index is 3.63. The molecule has 0 bridgehead atoms. The molecule has 0 heterocycles. The highest BCUT2D eigenvalue weighted by molar-refractivity contribution is 5.79. The van der Waals surface area contributed by atoms with Crippen molar-refractivity contribution in [3.8, 4) is 0 Å². The lowest BCUT2D eigenvalue weighted by molar-refractivity contribution is -0.145. The lowest BCUT2D eigenvalue weighted by Gasteiger charge is -2.10. The Morgan fingerprint density at radius 3 is 2.58 bits per heavy atom. The van der Waals surface area contributed by atoms with Crippen LogP contribution in [0.25, 0.3) is 0 Å². The smallest absolute Gasteiger partial charge is 0.322 e. The first kappa shape index (κ1) is 10.9. The number of amides is 1. The molecule has 12 heavy (non-hydrogen) atoms. The van der Waals surface area contributed by atoms with Crippen molar-refractivity contribution in [3.63, 3.8) is 0 Å². The first-order valence-electron chi connectivity index (χ1n) is 3.76. The normalized spacial score (nSPS) is 12.2. The molecular formula is C7H14N2O3. The van der Waals surface area contributed by atoms with Crippen LogP contribution in [0.5, 0.6) is 0 Å². The van der Waals surface area contributed by atoms with Gasteiger partial charge in [0.15, 0.2) is 0 Å². The minimum atomic E-state index is -0.494. The predicted octanol–water partition coefficient (Wildman–Crippen LogP) is -0.987. The molecule has 0 rings (SSSR count). The molecule has 70 valence electrons. The molecule has 1 unspecified atom stereocenters. The van der Waals surface area contributed by atoms with Gasteiger partial charge in [-0.25, -0.2) is 0 Å². The van der Waals surface area contributed by atoms with E-state index in [-0.39, 0.29) is 12.5 Å². The van der Waals surface area contributed by atoms with E-state index < -0.39 is 11.9 Å². The Morgan fingerprint density at radius 1 is 1.58 bits per heavy atom. The average Bonchev–Trinajstić information content (AvgIpc) is 2.00. The van der Waals surface area contributed by atoms with Crippen LogP contribution in [0.2, 0.25) is 0 Å². The van der Waals surface area contributed by atoms with E-state index in [4.69, 9.17) is 5.73 Å². The third-order valence-electron chi connectivity index (χ3n) is 1.22. The van der Waals surface area contributed by atoms with Crippen LogP contribution in [0.15, 0.2) is 0 Å². The van der Waals surface area contributed by atoms with Gasteiger partial charge >= 0.3 is 5.97 Å². The van der Waals surface area contributed by atoms with Crippen molar-refractivity contribution in [3.05, 3.63) is 0 Å². The summed E-state index contributed by atoms with van der Waals surface area (Å²) in [4.78, 5) is 21.2. The van der Waals surface area contributed by atoms with Gasteiger partial charge < -0.3 is 10.5 Å². The van der Waals surface area contributed by atoms with Gasteiger partial charge in [0.1, 0.15) is 6.04 Å². The van der Waals surface area contributed by atoms with Crippen LogP contribution in [0.4, 0.5) is 0 Å². The molecule has 5 heteroatoms. The molecule has 0 aliphatic rings. The number of ether oxygens (including phenoxy) is 1. The Labute approximate surface area is 71.3 Å². The molecule has 3 N–H and O–H groups in total. The van der Waals surface area contributed by atoms with Crippen LogP contribution in [0.1, 0.15) is 13.8 Å². The van der Waals surface area contributed by atoms with Gasteiger partial charge in [-0.2, -0.15) is 0 Å². The molecule has 0 fully saturated rings. The van der Waals surface area contributed by atoms with Gasteiger partial charge in [-0.1, -0.05) is 0 Å². The zero-order valence-corrected chi connectivity index (χ0v) is 7.29. The van der Waals surface area contributed by atoms with Crippen LogP contribution in [-0.2, 0) is 14.3 Å². The van der Waals surface area contributed by atoms with Gasteiger partial charge in [-0.05, 0) is 13.8 Å². The molecule has 1 atom stereocenters. The monoisotopic (exact) mass is 174 g/mol. The summed E-state index contributed by atoms with van der Waals surface area (Å²) < 4.78 is 4.68. The average molecular weight is 174 g/mol. The number of carbonyl (C=O) groups excluding carboxylic acids is 2. The van der Waals surface area contributed by atoms with Crippen molar-refractivity contribution in [1.82, 2.24) is 5.32 Å². The molecule has 0 aromatic carbocycles. The fourth-order valence-corrected chi connectivity index (χ4v) is 0.604. The third kappa shape index (κ3) is 4.68. The molecular weight excluding hydrogens is 160 g/mol. The Kier molecular flexibility index (Phi) is 5.03. The second-order valence-electron chi connectivity index (χ2n) is 2.32. The zero-order valence-electron chi connectivity index (χ0n) is 7.29. The second kappa shape index (κ2) is 5.54. The predicted molar refractivity (Wildman–Crippen MR) is 43.3 cm³/mol. The minimum Gasteiger partial charge on any atom is -0.465 e. The Morgan fingerprint density at radius 2 is 2.17 bits per heavy atom. The standard InChI is InChI=1S/C7H14N2O3/c1-3-12-7(11)5(2)9-4-6(8)10/h5,9H,3-4H2,1-2H3,(H2,8,10). The molecule has 5 nitrogen and oxygen atoms in total. The second-order valence-corrected chi connectivity index (χ2v) is 2.32. The van der Waals surface area contributed by atoms with E-state index in [2.05, 4.69) is 10.1 Å². The van der Waals surface area contributed by atoms with Crippen molar-refractivity contribution in [2.24, 2.45) is 5.73 Å². The zero-order chi connectivity index (χ0) is 9.56. The molecule has 0 aliphatic carbocycles. The van der Waals surface area contributed by atoms with Crippen LogP contribution in [0, 0.1) is 0 Å². The summed E-state index contributed by atoms with van der Waals surface area (Å²) in [6.45, 7) is 3.65. The summed E-state index contributed by atoms with van der Waals surface area (Å²) in [5, 5.41) is 2.62. The maximum absolute atomic E-state index is 10.9. The summed E-state index contributed by atoms with van der Waals surface area (Å²) in [5.41, 5.74) is 4.86. The quantitative estimate of drug-likeness (QED) is 0.524. The number of carbonyl (C=O) groups is 2. The number of esters is 1.